The van der Waals surface area contributed by atoms with Crippen LogP contribution in [-0.2, 0) is 10.3 Å². The maximum absolute atomic E-state index is 10.9. The zero-order valence-electron chi connectivity index (χ0n) is 9.32. The van der Waals surface area contributed by atoms with Crippen molar-refractivity contribution in [2.24, 2.45) is 5.92 Å². The van der Waals surface area contributed by atoms with Gasteiger partial charge in [-0.2, -0.15) is 0 Å². The summed E-state index contributed by atoms with van der Waals surface area (Å²) in [7, 11) is 0. The van der Waals surface area contributed by atoms with Crippen LogP contribution in [0.3, 0.4) is 0 Å². The molecule has 96 valence electrons. The molecule has 8 heteroatoms. The largest absolute Gasteiger partial charge is 0.476 e. The van der Waals surface area contributed by atoms with Gasteiger partial charge in [-0.25, -0.2) is 9.48 Å². The molecule has 1 aromatic heterocycles. The second kappa shape index (κ2) is 5.42. The Bertz CT molecular complexity index is 412. The monoisotopic (exact) mass is 299 g/mol. The van der Waals surface area contributed by atoms with Crippen LogP contribution in [0.4, 0.5) is 0 Å². The van der Waals surface area contributed by atoms with Gasteiger partial charge in [0.25, 0.3) is 0 Å². The van der Waals surface area contributed by atoms with Crippen molar-refractivity contribution in [3.63, 3.8) is 0 Å². The SMILES string of the molecule is CC(C)CCn1nnc(C(=O)O)c1C(Cl)(Cl)Cl. The number of aromatic nitrogens is 3. The molecule has 0 aliphatic carbocycles. The highest BCUT2D eigenvalue weighted by Gasteiger charge is 2.35. The van der Waals surface area contributed by atoms with Crippen LogP contribution in [0.2, 0.25) is 0 Å². The van der Waals surface area contributed by atoms with Crippen LogP contribution in [-0.4, -0.2) is 26.1 Å². The van der Waals surface area contributed by atoms with E-state index in [0.29, 0.717) is 12.5 Å². The topological polar surface area (TPSA) is 68.0 Å². The summed E-state index contributed by atoms with van der Waals surface area (Å²) in [5.74, 6) is -0.835. The number of hydrogen-bond donors (Lipinski definition) is 1. The number of nitrogens with zero attached hydrogens (tertiary/aromatic N) is 3. The van der Waals surface area contributed by atoms with Crippen molar-refractivity contribution in [1.82, 2.24) is 15.0 Å². The maximum Gasteiger partial charge on any atom is 0.358 e. The van der Waals surface area contributed by atoms with Crippen LogP contribution in [0.1, 0.15) is 36.5 Å². The minimum absolute atomic E-state index is 0.00403. The molecule has 0 spiro atoms. The average molecular weight is 301 g/mol. The number of aromatic carboxylic acids is 1. The molecule has 1 N–H and O–H groups in total. The van der Waals surface area contributed by atoms with Crippen molar-refractivity contribution < 1.29 is 9.90 Å². The van der Waals surface area contributed by atoms with Crippen molar-refractivity contribution in [1.29, 1.82) is 0 Å². The van der Waals surface area contributed by atoms with Crippen molar-refractivity contribution in [3.05, 3.63) is 11.4 Å². The predicted molar refractivity (Wildman–Crippen MR) is 65.7 cm³/mol. The average Bonchev–Trinajstić information content (AvgIpc) is 2.57. The van der Waals surface area contributed by atoms with E-state index in [-0.39, 0.29) is 11.4 Å². The molecule has 5 nitrogen and oxygen atoms in total. The predicted octanol–water partition coefficient (Wildman–Crippen LogP) is 2.85. The Hall–Kier alpha value is -0.520. The Morgan fingerprint density at radius 3 is 2.47 bits per heavy atom. The molecule has 17 heavy (non-hydrogen) atoms. The van der Waals surface area contributed by atoms with Crippen molar-refractivity contribution in [3.8, 4) is 0 Å². The van der Waals surface area contributed by atoms with Gasteiger partial charge in [-0.05, 0) is 12.3 Å². The minimum atomic E-state index is -1.85. The maximum atomic E-state index is 10.9. The summed E-state index contributed by atoms with van der Waals surface area (Å²) < 4.78 is -0.523. The molecule has 0 fully saturated rings. The molecule has 0 saturated carbocycles. The van der Waals surface area contributed by atoms with Gasteiger partial charge in [0.2, 0.25) is 3.79 Å². The molecule has 0 bridgehead atoms. The smallest absolute Gasteiger partial charge is 0.358 e. The number of carboxylic acid groups (broad SMARTS) is 1. The Morgan fingerprint density at radius 1 is 1.47 bits per heavy atom. The second-order valence-corrected chi connectivity index (χ2v) is 6.28. The molecule has 0 saturated heterocycles. The minimum Gasteiger partial charge on any atom is -0.476 e. The van der Waals surface area contributed by atoms with E-state index >= 15 is 0 Å². The lowest BCUT2D eigenvalue weighted by atomic mass is 10.1. The first-order valence-corrected chi connectivity index (χ1v) is 6.10. The van der Waals surface area contributed by atoms with E-state index in [2.05, 4.69) is 10.3 Å². The summed E-state index contributed by atoms with van der Waals surface area (Å²) in [6, 6.07) is 0. The summed E-state index contributed by atoms with van der Waals surface area (Å²) in [6.45, 7) is 4.52. The van der Waals surface area contributed by atoms with Gasteiger partial charge in [0.15, 0.2) is 5.69 Å². The Kier molecular flexibility index (Phi) is 4.63. The van der Waals surface area contributed by atoms with Gasteiger partial charge in [-0.15, -0.1) is 5.10 Å². The number of alkyl halides is 3. The highest BCUT2D eigenvalue weighted by molar-refractivity contribution is 6.66. The van der Waals surface area contributed by atoms with Crippen molar-refractivity contribution in [2.45, 2.75) is 30.6 Å². The Balaban J connectivity index is 3.10. The van der Waals surface area contributed by atoms with Crippen molar-refractivity contribution >= 4 is 40.8 Å². The van der Waals surface area contributed by atoms with E-state index in [4.69, 9.17) is 39.9 Å². The van der Waals surface area contributed by atoms with Crippen molar-refractivity contribution in [2.75, 3.05) is 0 Å². The van der Waals surface area contributed by atoms with Gasteiger partial charge in [0.05, 0.1) is 0 Å². The lowest BCUT2D eigenvalue weighted by molar-refractivity contribution is 0.0689. The van der Waals surface area contributed by atoms with E-state index in [1.54, 1.807) is 0 Å². The van der Waals surface area contributed by atoms with Gasteiger partial charge in [0.1, 0.15) is 5.69 Å². The molecule has 0 aliphatic heterocycles. The fourth-order valence-electron chi connectivity index (χ4n) is 1.27. The second-order valence-electron chi connectivity index (χ2n) is 4.00. The van der Waals surface area contributed by atoms with Crippen LogP contribution in [0, 0.1) is 5.92 Å². The van der Waals surface area contributed by atoms with E-state index in [1.807, 2.05) is 13.8 Å². The summed E-state index contributed by atoms with van der Waals surface area (Å²) >= 11 is 17.2. The van der Waals surface area contributed by atoms with Crippen LogP contribution >= 0.6 is 34.8 Å². The van der Waals surface area contributed by atoms with Crippen LogP contribution < -0.4 is 0 Å². The third kappa shape index (κ3) is 3.72. The summed E-state index contributed by atoms with van der Waals surface area (Å²) in [5, 5.41) is 16.2. The van der Waals surface area contributed by atoms with Gasteiger partial charge in [-0.3, -0.25) is 0 Å². The van der Waals surface area contributed by atoms with E-state index in [1.165, 1.54) is 4.68 Å². The van der Waals surface area contributed by atoms with Gasteiger partial charge < -0.3 is 5.11 Å². The van der Waals surface area contributed by atoms with Gasteiger partial charge in [-0.1, -0.05) is 53.9 Å². The van der Waals surface area contributed by atoms with Gasteiger partial charge >= 0.3 is 5.97 Å². The number of carbonyl (C=O) groups is 1. The molecule has 1 aromatic rings. The number of aryl methyl sites for hydroxylation is 1. The highest BCUT2D eigenvalue weighted by Crippen LogP contribution is 2.39. The molecule has 1 heterocycles. The first kappa shape index (κ1) is 14.5. The first-order chi connectivity index (χ1) is 7.73. The number of halogens is 3. The molecular formula is C9H12Cl3N3O2. The highest BCUT2D eigenvalue weighted by atomic mass is 35.6. The zero-order valence-corrected chi connectivity index (χ0v) is 11.6. The van der Waals surface area contributed by atoms with Crippen LogP contribution in [0.5, 0.6) is 0 Å². The van der Waals surface area contributed by atoms with Crippen LogP contribution in [0.15, 0.2) is 0 Å². The van der Waals surface area contributed by atoms with E-state index < -0.39 is 9.76 Å². The fraction of sp³-hybridized carbons (Fsp3) is 0.667. The van der Waals surface area contributed by atoms with Crippen LogP contribution in [0.25, 0.3) is 0 Å². The van der Waals surface area contributed by atoms with Gasteiger partial charge in [0, 0.05) is 6.54 Å². The molecular weight excluding hydrogens is 288 g/mol. The molecule has 0 aromatic carbocycles. The quantitative estimate of drug-likeness (QED) is 0.868. The summed E-state index contributed by atoms with van der Waals surface area (Å²) in [5.41, 5.74) is -0.329. The third-order valence-corrected chi connectivity index (χ3v) is 2.66. The van der Waals surface area contributed by atoms with E-state index in [0.717, 1.165) is 6.42 Å². The summed E-state index contributed by atoms with van der Waals surface area (Å²) in [6.07, 6.45) is 0.788. The fourth-order valence-corrected chi connectivity index (χ4v) is 1.84. The standard InChI is InChI=1S/C9H12Cl3N3O2/c1-5(2)3-4-15-7(9(10,11)12)6(8(16)17)13-14-15/h5H,3-4H2,1-2H3,(H,16,17). The Morgan fingerprint density at radius 2 is 2.06 bits per heavy atom. The molecule has 1 rings (SSSR count). The zero-order chi connectivity index (χ0) is 13.2. The normalized spacial score (nSPS) is 12.1. The molecule has 0 atom stereocenters. The first-order valence-electron chi connectivity index (χ1n) is 4.97. The lowest BCUT2D eigenvalue weighted by Crippen LogP contribution is -2.16. The number of carboxylic acids is 1. The molecule has 0 amide bonds. The Labute approximate surface area is 114 Å². The summed E-state index contributed by atoms with van der Waals surface area (Å²) in [4.78, 5) is 10.9. The number of hydrogen-bond acceptors (Lipinski definition) is 3. The molecule has 0 unspecified atom stereocenters. The molecule has 0 radical (unpaired) electrons. The number of rotatable bonds is 4. The molecule has 0 aliphatic rings. The lowest BCUT2D eigenvalue weighted by Gasteiger charge is -2.14. The third-order valence-electron chi connectivity index (χ3n) is 2.12. The van der Waals surface area contributed by atoms with E-state index in [9.17, 15) is 4.79 Å².